The van der Waals surface area contributed by atoms with Crippen molar-refractivity contribution in [3.8, 4) is 0 Å². The lowest BCUT2D eigenvalue weighted by Crippen LogP contribution is -2.58. The van der Waals surface area contributed by atoms with Gasteiger partial charge in [0.2, 0.25) is 11.7 Å². The van der Waals surface area contributed by atoms with E-state index in [-0.39, 0.29) is 35.8 Å². The van der Waals surface area contributed by atoms with Gasteiger partial charge in [-0.25, -0.2) is 0 Å². The molecule has 1 aromatic heterocycles. The SMILES string of the molecule is CC(=O)O[C@H]1C(=O)/C=C\C(=O)[C@]23C(=O)N[C@@H](Cc4c[nH]c5ccccc45)[C@@H]2[C@H](C)[C@@]2(C)O[C@H]2[C@@H]3/C=C\C[C@H](C)/C=C\1C. The van der Waals surface area contributed by atoms with Gasteiger partial charge >= 0.3 is 5.97 Å². The molecule has 8 nitrogen and oxygen atoms in total. The van der Waals surface area contributed by atoms with Crippen molar-refractivity contribution < 1.29 is 28.7 Å². The molecule has 9 atom stereocenters. The molecule has 8 heteroatoms. The normalized spacial score (nSPS) is 40.6. The van der Waals surface area contributed by atoms with Gasteiger partial charge in [-0.05, 0) is 67.9 Å². The molecule has 220 valence electrons. The Morgan fingerprint density at radius 3 is 2.67 bits per heavy atom. The lowest BCUT2D eigenvalue weighted by molar-refractivity contribution is -0.149. The van der Waals surface area contributed by atoms with Crippen molar-refractivity contribution in [2.24, 2.45) is 29.1 Å². The lowest BCUT2D eigenvalue weighted by Gasteiger charge is -2.45. The lowest BCUT2D eigenvalue weighted by atomic mass is 9.51. The van der Waals surface area contributed by atoms with Gasteiger partial charge in [0.15, 0.2) is 11.9 Å². The van der Waals surface area contributed by atoms with Crippen molar-refractivity contribution in [2.75, 3.05) is 0 Å². The van der Waals surface area contributed by atoms with E-state index in [1.54, 1.807) is 6.92 Å². The predicted octanol–water partition coefficient (Wildman–Crippen LogP) is 4.40. The summed E-state index contributed by atoms with van der Waals surface area (Å²) in [6.45, 7) is 9.17. The number of nitrogens with one attached hydrogen (secondary N) is 2. The first-order chi connectivity index (χ1) is 20.0. The van der Waals surface area contributed by atoms with Crippen LogP contribution in [-0.4, -0.2) is 52.3 Å². The van der Waals surface area contributed by atoms with Crippen LogP contribution in [0.1, 0.15) is 46.6 Å². The van der Waals surface area contributed by atoms with Crippen LogP contribution >= 0.6 is 0 Å². The fourth-order valence-electron chi connectivity index (χ4n) is 7.97. The number of fused-ring (bicyclic) bond motifs is 3. The second kappa shape index (κ2) is 10.2. The van der Waals surface area contributed by atoms with Crippen LogP contribution in [0.2, 0.25) is 0 Å². The van der Waals surface area contributed by atoms with Crippen molar-refractivity contribution in [3.05, 3.63) is 72.0 Å². The van der Waals surface area contributed by atoms with Gasteiger partial charge in [0.05, 0.1) is 11.7 Å². The van der Waals surface area contributed by atoms with Gasteiger partial charge in [0.1, 0.15) is 5.41 Å². The molecular weight excluding hydrogens is 532 g/mol. The summed E-state index contributed by atoms with van der Waals surface area (Å²) in [6.07, 6.45) is 10.1. The number of carbonyl (C=O) groups is 4. The summed E-state index contributed by atoms with van der Waals surface area (Å²) in [5, 5.41) is 4.32. The number of H-pyrrole nitrogens is 1. The molecule has 3 fully saturated rings. The summed E-state index contributed by atoms with van der Waals surface area (Å²) >= 11 is 0. The smallest absolute Gasteiger partial charge is 0.303 e. The van der Waals surface area contributed by atoms with E-state index in [4.69, 9.17) is 9.47 Å². The maximum absolute atomic E-state index is 14.4. The molecule has 1 spiro atoms. The number of aromatic nitrogens is 1. The highest BCUT2D eigenvalue weighted by Crippen LogP contribution is 2.66. The van der Waals surface area contributed by atoms with Gasteiger partial charge in [0, 0.05) is 41.9 Å². The Morgan fingerprint density at radius 2 is 1.90 bits per heavy atom. The average Bonchev–Trinajstić information content (AvgIpc) is 3.35. The Labute approximate surface area is 245 Å². The molecule has 3 heterocycles. The molecule has 1 aromatic carbocycles. The molecule has 2 aliphatic carbocycles. The number of benzene rings is 1. The highest BCUT2D eigenvalue weighted by atomic mass is 16.6. The Hall–Kier alpha value is -3.78. The monoisotopic (exact) mass is 570 g/mol. The van der Waals surface area contributed by atoms with Crippen molar-refractivity contribution in [2.45, 2.75) is 71.3 Å². The fourth-order valence-corrected chi connectivity index (χ4v) is 7.97. The Morgan fingerprint density at radius 1 is 1.14 bits per heavy atom. The van der Waals surface area contributed by atoms with Gasteiger partial charge in [-0.1, -0.05) is 50.3 Å². The van der Waals surface area contributed by atoms with E-state index in [9.17, 15) is 19.2 Å². The van der Waals surface area contributed by atoms with Crippen LogP contribution in [-0.2, 0) is 35.1 Å². The van der Waals surface area contributed by atoms with E-state index in [1.807, 2.05) is 49.5 Å². The number of amides is 1. The van der Waals surface area contributed by atoms with Gasteiger partial charge < -0.3 is 19.8 Å². The van der Waals surface area contributed by atoms with E-state index in [1.165, 1.54) is 19.1 Å². The van der Waals surface area contributed by atoms with Crippen molar-refractivity contribution in [1.29, 1.82) is 0 Å². The average molecular weight is 571 g/mol. The molecular formula is C34H38N2O6. The summed E-state index contributed by atoms with van der Waals surface area (Å²) < 4.78 is 11.7. The summed E-state index contributed by atoms with van der Waals surface area (Å²) in [4.78, 5) is 57.2. The van der Waals surface area contributed by atoms with Crippen molar-refractivity contribution >= 4 is 34.3 Å². The van der Waals surface area contributed by atoms with Crippen LogP contribution in [0.5, 0.6) is 0 Å². The van der Waals surface area contributed by atoms with Crippen LogP contribution < -0.4 is 5.32 Å². The predicted molar refractivity (Wildman–Crippen MR) is 157 cm³/mol. The number of hydrogen-bond acceptors (Lipinski definition) is 6. The molecule has 0 radical (unpaired) electrons. The first kappa shape index (κ1) is 28.3. The summed E-state index contributed by atoms with van der Waals surface area (Å²) in [5.41, 5.74) is 0.774. The minimum absolute atomic E-state index is 0.0281. The number of rotatable bonds is 3. The zero-order chi connectivity index (χ0) is 30.0. The highest BCUT2D eigenvalue weighted by Gasteiger charge is 2.78. The molecule has 42 heavy (non-hydrogen) atoms. The van der Waals surface area contributed by atoms with Crippen LogP contribution in [0.25, 0.3) is 10.9 Å². The van der Waals surface area contributed by atoms with E-state index in [0.29, 0.717) is 18.4 Å². The molecule has 1 amide bonds. The third-order valence-corrected chi connectivity index (χ3v) is 10.1. The van der Waals surface area contributed by atoms with Gasteiger partial charge in [-0.2, -0.15) is 0 Å². The molecule has 2 N–H and O–H groups in total. The van der Waals surface area contributed by atoms with Gasteiger partial charge in [-0.3, -0.25) is 19.2 Å². The standard InChI is InChI=1S/C34H38N2O6/c1-18-9-8-11-24-31-33(5,42-31)20(3)29-26(16-22-17-35-25-12-7-6-10-23(22)25)36-32(40)34(24,29)28(39)14-13-27(38)30(19(2)15-18)41-21(4)37/h6-8,10-15,17-18,20,24,26,29-31,35H,9,16H2,1-5H3,(H,36,40)/b11-8-,14-13-,19-15-/t18-,20-,24-,26-,29-,30+,31-,33+,34-/m0/s1. The van der Waals surface area contributed by atoms with Crippen molar-refractivity contribution in [1.82, 2.24) is 10.3 Å². The second-order valence-corrected chi connectivity index (χ2v) is 12.7. The number of epoxide rings is 1. The highest BCUT2D eigenvalue weighted by molar-refractivity contribution is 6.15. The molecule has 0 unspecified atom stereocenters. The van der Waals surface area contributed by atoms with Gasteiger partial charge in [-0.15, -0.1) is 0 Å². The first-order valence-corrected chi connectivity index (χ1v) is 14.8. The fraction of sp³-hybridized carbons (Fsp3) is 0.471. The molecule has 4 aliphatic rings. The minimum atomic E-state index is -1.44. The van der Waals surface area contributed by atoms with Crippen LogP contribution in [0.15, 0.2) is 66.4 Å². The van der Waals surface area contributed by atoms with Gasteiger partial charge in [0.25, 0.3) is 0 Å². The van der Waals surface area contributed by atoms with Crippen LogP contribution in [0.4, 0.5) is 0 Å². The number of aromatic amines is 1. The van der Waals surface area contributed by atoms with Crippen LogP contribution in [0.3, 0.4) is 0 Å². The van der Waals surface area contributed by atoms with E-state index < -0.39 is 40.6 Å². The molecule has 2 aliphatic heterocycles. The minimum Gasteiger partial charge on any atom is -0.450 e. The van der Waals surface area contributed by atoms with Crippen molar-refractivity contribution in [3.63, 3.8) is 0 Å². The van der Waals surface area contributed by atoms with E-state index in [2.05, 4.69) is 30.2 Å². The largest absolute Gasteiger partial charge is 0.450 e. The number of esters is 1. The van der Waals surface area contributed by atoms with E-state index >= 15 is 0 Å². The molecule has 1 saturated carbocycles. The summed E-state index contributed by atoms with van der Waals surface area (Å²) in [7, 11) is 0. The van der Waals surface area contributed by atoms with E-state index in [0.717, 1.165) is 16.5 Å². The molecule has 2 aromatic rings. The Bertz CT molecular complexity index is 1570. The number of allylic oxidation sites excluding steroid dienone is 3. The van der Waals surface area contributed by atoms with Crippen LogP contribution in [0, 0.1) is 29.1 Å². The second-order valence-electron chi connectivity index (χ2n) is 12.7. The molecule has 0 bridgehead atoms. The number of para-hydroxylation sites is 1. The quantitative estimate of drug-likeness (QED) is 0.244. The number of ketones is 2. The third kappa shape index (κ3) is 4.30. The number of hydrogen-bond donors (Lipinski definition) is 2. The first-order valence-electron chi connectivity index (χ1n) is 14.8. The zero-order valence-electron chi connectivity index (χ0n) is 24.7. The number of ether oxygens (including phenoxy) is 2. The summed E-state index contributed by atoms with van der Waals surface area (Å²) in [6, 6.07) is 7.72. The molecule has 2 saturated heterocycles. The third-order valence-electron chi connectivity index (χ3n) is 10.1. The zero-order valence-corrected chi connectivity index (χ0v) is 24.7. The Kier molecular flexibility index (Phi) is 6.88. The maximum Gasteiger partial charge on any atom is 0.303 e. The summed E-state index contributed by atoms with van der Waals surface area (Å²) in [5.74, 6) is -2.80. The Balaban J connectivity index is 1.45. The topological polar surface area (TPSA) is 118 Å². The molecule has 6 rings (SSSR count). The maximum atomic E-state index is 14.4. The number of carbonyl (C=O) groups excluding carboxylic acids is 4.